The Morgan fingerprint density at radius 2 is 1.26 bits per heavy atom. The summed E-state index contributed by atoms with van der Waals surface area (Å²) in [6, 6.07) is 10.2. The molecule has 0 bridgehead atoms. The van der Waals surface area contributed by atoms with Crippen molar-refractivity contribution in [2.75, 3.05) is 15.7 Å². The van der Waals surface area contributed by atoms with E-state index in [0.29, 0.717) is 0 Å². The molecule has 0 fully saturated rings. The van der Waals surface area contributed by atoms with E-state index in [2.05, 4.69) is 9.44 Å². The van der Waals surface area contributed by atoms with Crippen LogP contribution in [0.1, 0.15) is 0 Å². The van der Waals surface area contributed by atoms with Crippen LogP contribution in [0.2, 0.25) is 10.0 Å². The molecule has 3 rings (SSSR count). The number of sulfone groups is 1. The maximum atomic E-state index is 13.0. The third-order valence-corrected chi connectivity index (χ3v) is 10.0. The number of rotatable bonds is 7. The first-order chi connectivity index (χ1) is 14.3. The van der Waals surface area contributed by atoms with E-state index in [1.165, 1.54) is 18.2 Å². The van der Waals surface area contributed by atoms with Gasteiger partial charge in [0.15, 0.2) is 9.84 Å². The maximum Gasteiger partial charge on any atom is 0.271 e. The van der Waals surface area contributed by atoms with Gasteiger partial charge in [-0.05, 0) is 35.7 Å². The Hall–Kier alpha value is -1.83. The Labute approximate surface area is 193 Å². The Morgan fingerprint density at radius 3 is 1.74 bits per heavy atom. The molecule has 1 aromatic heterocycles. The topological polar surface area (TPSA) is 126 Å². The Kier molecular flexibility index (Phi) is 6.61. The molecule has 2 N–H and O–H groups in total. The van der Waals surface area contributed by atoms with E-state index in [1.54, 1.807) is 11.4 Å². The fourth-order valence-electron chi connectivity index (χ4n) is 2.51. The summed E-state index contributed by atoms with van der Waals surface area (Å²) in [7, 11) is -12.4. The lowest BCUT2D eigenvalue weighted by Gasteiger charge is -2.16. The first-order valence-corrected chi connectivity index (χ1v) is 14.7. The van der Waals surface area contributed by atoms with Gasteiger partial charge in [0.1, 0.15) is 9.10 Å². The lowest BCUT2D eigenvalue weighted by atomic mass is 10.3. The average molecular weight is 541 g/mol. The van der Waals surface area contributed by atoms with Crippen LogP contribution in [0.4, 0.5) is 11.4 Å². The van der Waals surface area contributed by atoms with Crippen LogP contribution in [0, 0.1) is 0 Å². The monoisotopic (exact) mass is 540 g/mol. The summed E-state index contributed by atoms with van der Waals surface area (Å²) in [5.74, 6) is 0. The third-order valence-electron chi connectivity index (χ3n) is 3.85. The Balaban J connectivity index is 2.09. The summed E-state index contributed by atoms with van der Waals surface area (Å²) in [6.07, 6.45) is 0.876. The second-order valence-electron chi connectivity index (χ2n) is 6.17. The molecule has 0 atom stereocenters. The lowest BCUT2D eigenvalue weighted by Crippen LogP contribution is -2.19. The number of benzene rings is 2. The van der Waals surface area contributed by atoms with Gasteiger partial charge in [0.2, 0.25) is 0 Å². The largest absolute Gasteiger partial charge is 0.277 e. The van der Waals surface area contributed by atoms with Gasteiger partial charge in [-0.25, -0.2) is 25.3 Å². The molecule has 3 aromatic rings. The summed E-state index contributed by atoms with van der Waals surface area (Å²) >= 11 is 13.0. The van der Waals surface area contributed by atoms with Crippen LogP contribution >= 0.6 is 34.5 Å². The van der Waals surface area contributed by atoms with E-state index >= 15 is 0 Å². The smallest absolute Gasteiger partial charge is 0.271 e. The summed E-state index contributed by atoms with van der Waals surface area (Å²) < 4.78 is 79.7. The predicted molar refractivity (Wildman–Crippen MR) is 122 cm³/mol. The van der Waals surface area contributed by atoms with Crippen molar-refractivity contribution >= 4 is 75.8 Å². The van der Waals surface area contributed by atoms with Crippen LogP contribution in [0.25, 0.3) is 0 Å². The number of thiophene rings is 1. The van der Waals surface area contributed by atoms with Gasteiger partial charge >= 0.3 is 0 Å². The molecule has 0 aliphatic rings. The van der Waals surface area contributed by atoms with Crippen LogP contribution in [0.3, 0.4) is 0 Å². The number of hydrogen-bond acceptors (Lipinski definition) is 7. The van der Waals surface area contributed by atoms with E-state index < -0.39 is 39.7 Å². The summed E-state index contributed by atoms with van der Waals surface area (Å²) in [6.45, 7) is 0. The number of nitrogens with one attached hydrogen (secondary N) is 2. The molecule has 0 aliphatic heterocycles. The molecule has 14 heteroatoms. The number of halogens is 2. The molecule has 0 spiro atoms. The van der Waals surface area contributed by atoms with E-state index in [9.17, 15) is 25.3 Å². The zero-order chi connectivity index (χ0) is 23.0. The molecule has 0 aliphatic carbocycles. The fraction of sp³-hybridized carbons (Fsp3) is 0.0588. The third kappa shape index (κ3) is 5.33. The summed E-state index contributed by atoms with van der Waals surface area (Å²) in [4.78, 5) is -0.918. The molecule has 0 amide bonds. The molecule has 2 aromatic carbocycles. The molecule has 166 valence electrons. The lowest BCUT2D eigenvalue weighted by molar-refractivity contribution is 0.588. The molecule has 1 heterocycles. The average Bonchev–Trinajstić information content (AvgIpc) is 3.20. The van der Waals surface area contributed by atoms with Crippen LogP contribution in [-0.4, -0.2) is 31.5 Å². The zero-order valence-electron chi connectivity index (χ0n) is 15.5. The molecule has 8 nitrogen and oxygen atoms in total. The summed E-state index contributed by atoms with van der Waals surface area (Å²) in [5.41, 5.74) is -0.430. The molecule has 0 unspecified atom stereocenters. The standard InChI is InChI=1S/C17H14Cl2N2O6S4/c1-29(22,23)15-5-2-3-6-16(15)30(24,25)20-13-9-11(18)12(19)10-14(13)21-31(26,27)17-7-4-8-28-17/h2-10,20-21H,1H3. The van der Waals surface area contributed by atoms with Crippen molar-refractivity contribution in [1.29, 1.82) is 0 Å². The highest BCUT2D eigenvalue weighted by Gasteiger charge is 2.26. The van der Waals surface area contributed by atoms with Crippen molar-refractivity contribution in [3.8, 4) is 0 Å². The highest BCUT2D eigenvalue weighted by atomic mass is 35.5. The van der Waals surface area contributed by atoms with Crippen molar-refractivity contribution < 1.29 is 25.3 Å². The number of sulfonamides is 2. The first-order valence-electron chi connectivity index (χ1n) is 8.18. The van der Waals surface area contributed by atoms with E-state index in [4.69, 9.17) is 23.2 Å². The van der Waals surface area contributed by atoms with Gasteiger partial charge in [0.05, 0.1) is 26.3 Å². The normalized spacial score (nSPS) is 12.5. The molecule has 31 heavy (non-hydrogen) atoms. The van der Waals surface area contributed by atoms with Crippen molar-refractivity contribution in [2.24, 2.45) is 0 Å². The Morgan fingerprint density at radius 1 is 0.742 bits per heavy atom. The van der Waals surface area contributed by atoms with Gasteiger partial charge in [-0.2, -0.15) is 0 Å². The highest BCUT2D eigenvalue weighted by molar-refractivity contribution is 7.95. The van der Waals surface area contributed by atoms with Crippen molar-refractivity contribution in [3.05, 3.63) is 64.0 Å². The van der Waals surface area contributed by atoms with Crippen LogP contribution in [0.15, 0.2) is 67.9 Å². The van der Waals surface area contributed by atoms with Gasteiger partial charge < -0.3 is 0 Å². The Bertz CT molecular complexity index is 1450. The minimum absolute atomic E-state index is 0.00481. The van der Waals surface area contributed by atoms with E-state index in [0.717, 1.165) is 41.9 Å². The second kappa shape index (κ2) is 8.60. The zero-order valence-corrected chi connectivity index (χ0v) is 20.3. The van der Waals surface area contributed by atoms with Gasteiger partial charge in [0, 0.05) is 6.26 Å². The number of anilines is 2. The van der Waals surface area contributed by atoms with Gasteiger partial charge in [-0.15, -0.1) is 11.3 Å². The fourth-order valence-corrected chi connectivity index (χ4v) is 7.60. The van der Waals surface area contributed by atoms with Crippen LogP contribution in [-0.2, 0) is 29.9 Å². The molecule has 0 saturated heterocycles. The maximum absolute atomic E-state index is 13.0. The van der Waals surface area contributed by atoms with Gasteiger partial charge in [0.25, 0.3) is 20.0 Å². The minimum atomic E-state index is -4.45. The number of hydrogen-bond donors (Lipinski definition) is 2. The molecular weight excluding hydrogens is 527 g/mol. The van der Waals surface area contributed by atoms with Crippen molar-refractivity contribution in [1.82, 2.24) is 0 Å². The molecular formula is C17H14Cl2N2O6S4. The molecule has 0 radical (unpaired) electrons. The van der Waals surface area contributed by atoms with Crippen LogP contribution in [0.5, 0.6) is 0 Å². The van der Waals surface area contributed by atoms with Gasteiger partial charge in [-0.3, -0.25) is 9.44 Å². The SMILES string of the molecule is CS(=O)(=O)c1ccccc1S(=O)(=O)Nc1cc(Cl)c(Cl)cc1NS(=O)(=O)c1cccs1. The molecule has 0 saturated carbocycles. The van der Waals surface area contributed by atoms with Gasteiger partial charge in [-0.1, -0.05) is 41.4 Å². The minimum Gasteiger partial charge on any atom is -0.277 e. The second-order valence-corrected chi connectivity index (χ2v) is 13.5. The van der Waals surface area contributed by atoms with Crippen LogP contribution < -0.4 is 9.44 Å². The van der Waals surface area contributed by atoms with Crippen molar-refractivity contribution in [3.63, 3.8) is 0 Å². The quantitative estimate of drug-likeness (QED) is 0.465. The first kappa shape index (κ1) is 23.8. The van der Waals surface area contributed by atoms with E-state index in [1.807, 2.05) is 0 Å². The summed E-state index contributed by atoms with van der Waals surface area (Å²) in [5, 5.41) is 1.50. The van der Waals surface area contributed by atoms with E-state index in [-0.39, 0.29) is 25.6 Å². The predicted octanol–water partition coefficient (Wildman–Crippen LogP) is 4.06. The highest BCUT2D eigenvalue weighted by Crippen LogP contribution is 2.36. The van der Waals surface area contributed by atoms with Crippen molar-refractivity contribution in [2.45, 2.75) is 14.0 Å².